The zero-order valence-electron chi connectivity index (χ0n) is 12.2. The highest BCUT2D eigenvalue weighted by atomic mass is 19.1. The van der Waals surface area contributed by atoms with Crippen molar-refractivity contribution < 1.29 is 13.6 Å². The number of benzene rings is 1. The van der Waals surface area contributed by atoms with Gasteiger partial charge in [0, 0.05) is 37.7 Å². The van der Waals surface area contributed by atoms with Crippen molar-refractivity contribution in [2.45, 2.75) is 39.3 Å². The van der Waals surface area contributed by atoms with Crippen molar-refractivity contribution in [1.29, 1.82) is 0 Å². The van der Waals surface area contributed by atoms with E-state index >= 15 is 0 Å². The summed E-state index contributed by atoms with van der Waals surface area (Å²) in [7, 11) is 1.63. The predicted octanol–water partition coefficient (Wildman–Crippen LogP) is 2.70. The van der Waals surface area contributed by atoms with Gasteiger partial charge in [-0.15, -0.1) is 0 Å². The molecule has 3 nitrogen and oxygen atoms in total. The monoisotopic (exact) mass is 284 g/mol. The lowest BCUT2D eigenvalue weighted by Crippen LogP contribution is -2.28. The van der Waals surface area contributed by atoms with Gasteiger partial charge in [-0.2, -0.15) is 0 Å². The van der Waals surface area contributed by atoms with Gasteiger partial charge in [-0.3, -0.25) is 4.79 Å². The minimum Gasteiger partial charge on any atom is -0.341 e. The Morgan fingerprint density at radius 2 is 2.05 bits per heavy atom. The Morgan fingerprint density at radius 1 is 1.35 bits per heavy atom. The molecule has 0 atom stereocenters. The van der Waals surface area contributed by atoms with Crippen LogP contribution in [-0.2, 0) is 11.3 Å². The van der Waals surface area contributed by atoms with Crippen molar-refractivity contribution in [2.75, 3.05) is 13.6 Å². The average molecular weight is 284 g/mol. The Labute approximate surface area is 119 Å². The standard InChI is InChI=1S/C15H22F2N2O/c1-11(2)18-8-4-5-15(20)19(3)10-12-6-7-13(16)9-14(12)17/h6-7,9,11,18H,4-5,8,10H2,1-3H3. The number of carbonyl (C=O) groups excluding carboxylic acids is 1. The van der Waals surface area contributed by atoms with E-state index in [1.165, 1.54) is 17.0 Å². The van der Waals surface area contributed by atoms with Crippen LogP contribution in [0, 0.1) is 11.6 Å². The predicted molar refractivity (Wildman–Crippen MR) is 75.2 cm³/mol. The molecular weight excluding hydrogens is 262 g/mol. The maximum Gasteiger partial charge on any atom is 0.222 e. The van der Waals surface area contributed by atoms with Crippen molar-refractivity contribution in [3.05, 3.63) is 35.4 Å². The molecular formula is C15H22F2N2O. The number of nitrogens with zero attached hydrogens (tertiary/aromatic N) is 1. The summed E-state index contributed by atoms with van der Waals surface area (Å²) < 4.78 is 26.3. The maximum absolute atomic E-state index is 13.5. The van der Waals surface area contributed by atoms with Crippen LogP contribution in [-0.4, -0.2) is 30.4 Å². The number of nitrogens with one attached hydrogen (secondary N) is 1. The molecule has 5 heteroatoms. The zero-order valence-corrected chi connectivity index (χ0v) is 12.2. The molecule has 0 saturated heterocycles. The van der Waals surface area contributed by atoms with Gasteiger partial charge < -0.3 is 10.2 Å². The molecule has 112 valence electrons. The molecule has 0 saturated carbocycles. The topological polar surface area (TPSA) is 32.3 Å². The summed E-state index contributed by atoms with van der Waals surface area (Å²) in [5.41, 5.74) is 0.322. The fraction of sp³-hybridized carbons (Fsp3) is 0.533. The van der Waals surface area contributed by atoms with Gasteiger partial charge >= 0.3 is 0 Å². The Kier molecular flexibility index (Phi) is 6.58. The first kappa shape index (κ1) is 16.6. The zero-order chi connectivity index (χ0) is 15.1. The molecule has 0 heterocycles. The second-order valence-corrected chi connectivity index (χ2v) is 5.20. The van der Waals surface area contributed by atoms with E-state index in [0.29, 0.717) is 18.0 Å². The van der Waals surface area contributed by atoms with E-state index in [1.807, 2.05) is 13.8 Å². The SMILES string of the molecule is CC(C)NCCCC(=O)N(C)Cc1ccc(F)cc1F. The molecule has 1 aromatic rings. The Morgan fingerprint density at radius 3 is 2.65 bits per heavy atom. The third kappa shape index (κ3) is 5.65. The van der Waals surface area contributed by atoms with Gasteiger partial charge in [0.25, 0.3) is 0 Å². The fourth-order valence-corrected chi connectivity index (χ4v) is 1.81. The number of halogens is 2. The lowest BCUT2D eigenvalue weighted by molar-refractivity contribution is -0.130. The van der Waals surface area contributed by atoms with Crippen LogP contribution in [0.25, 0.3) is 0 Å². The molecule has 0 spiro atoms. The Hall–Kier alpha value is -1.49. The van der Waals surface area contributed by atoms with E-state index in [-0.39, 0.29) is 12.5 Å². The van der Waals surface area contributed by atoms with E-state index in [0.717, 1.165) is 19.0 Å². The Bertz CT molecular complexity index is 449. The van der Waals surface area contributed by atoms with Crippen molar-refractivity contribution in [3.63, 3.8) is 0 Å². The molecule has 0 aromatic heterocycles. The normalized spacial score (nSPS) is 10.9. The molecule has 0 radical (unpaired) electrons. The summed E-state index contributed by atoms with van der Waals surface area (Å²) in [5, 5.41) is 3.23. The fourth-order valence-electron chi connectivity index (χ4n) is 1.81. The summed E-state index contributed by atoms with van der Waals surface area (Å²) in [4.78, 5) is 13.3. The lowest BCUT2D eigenvalue weighted by Gasteiger charge is -2.18. The largest absolute Gasteiger partial charge is 0.341 e. The van der Waals surface area contributed by atoms with Gasteiger partial charge in [0.2, 0.25) is 5.91 Å². The van der Waals surface area contributed by atoms with Crippen LogP contribution in [0.4, 0.5) is 8.78 Å². The molecule has 0 aliphatic heterocycles. The highest BCUT2D eigenvalue weighted by Crippen LogP contribution is 2.12. The third-order valence-corrected chi connectivity index (χ3v) is 2.97. The van der Waals surface area contributed by atoms with E-state index in [4.69, 9.17) is 0 Å². The van der Waals surface area contributed by atoms with Gasteiger partial charge in [0.1, 0.15) is 11.6 Å². The van der Waals surface area contributed by atoms with Crippen LogP contribution in [0.5, 0.6) is 0 Å². The first-order valence-corrected chi connectivity index (χ1v) is 6.81. The smallest absolute Gasteiger partial charge is 0.222 e. The molecule has 1 rings (SSSR count). The average Bonchev–Trinajstić information content (AvgIpc) is 2.37. The third-order valence-electron chi connectivity index (χ3n) is 2.97. The molecule has 20 heavy (non-hydrogen) atoms. The first-order valence-electron chi connectivity index (χ1n) is 6.81. The number of carbonyl (C=O) groups is 1. The van der Waals surface area contributed by atoms with Gasteiger partial charge in [0.05, 0.1) is 0 Å². The molecule has 0 bridgehead atoms. The van der Waals surface area contributed by atoms with Gasteiger partial charge in [-0.1, -0.05) is 19.9 Å². The molecule has 0 fully saturated rings. The maximum atomic E-state index is 13.5. The molecule has 0 aliphatic carbocycles. The van der Waals surface area contributed by atoms with Crippen LogP contribution < -0.4 is 5.32 Å². The van der Waals surface area contributed by atoms with Crippen LogP contribution in [0.2, 0.25) is 0 Å². The number of hydrogen-bond acceptors (Lipinski definition) is 2. The van der Waals surface area contributed by atoms with E-state index in [9.17, 15) is 13.6 Å². The first-order chi connectivity index (χ1) is 9.40. The summed E-state index contributed by atoms with van der Waals surface area (Å²) in [5.74, 6) is -1.27. The lowest BCUT2D eigenvalue weighted by atomic mass is 10.2. The molecule has 0 unspecified atom stereocenters. The second-order valence-electron chi connectivity index (χ2n) is 5.20. The highest BCUT2D eigenvalue weighted by Gasteiger charge is 2.12. The van der Waals surface area contributed by atoms with Gasteiger partial charge in [-0.05, 0) is 19.0 Å². The number of amides is 1. The van der Waals surface area contributed by atoms with Crippen molar-refractivity contribution >= 4 is 5.91 Å². The van der Waals surface area contributed by atoms with Crippen LogP contribution in [0.1, 0.15) is 32.3 Å². The van der Waals surface area contributed by atoms with Crippen LogP contribution in [0.15, 0.2) is 18.2 Å². The van der Waals surface area contributed by atoms with E-state index in [2.05, 4.69) is 5.32 Å². The van der Waals surface area contributed by atoms with Gasteiger partial charge in [0.15, 0.2) is 0 Å². The van der Waals surface area contributed by atoms with Crippen LogP contribution in [0.3, 0.4) is 0 Å². The number of rotatable bonds is 7. The molecule has 0 aliphatic rings. The summed E-state index contributed by atoms with van der Waals surface area (Å²) in [6.45, 7) is 5.03. The number of hydrogen-bond donors (Lipinski definition) is 1. The minimum absolute atomic E-state index is 0.0423. The van der Waals surface area contributed by atoms with Crippen molar-refractivity contribution in [3.8, 4) is 0 Å². The molecule has 1 N–H and O–H groups in total. The van der Waals surface area contributed by atoms with E-state index in [1.54, 1.807) is 7.05 Å². The minimum atomic E-state index is -0.619. The highest BCUT2D eigenvalue weighted by molar-refractivity contribution is 5.75. The van der Waals surface area contributed by atoms with Crippen molar-refractivity contribution in [1.82, 2.24) is 10.2 Å². The summed E-state index contributed by atoms with van der Waals surface area (Å²) >= 11 is 0. The summed E-state index contributed by atoms with van der Waals surface area (Å²) in [6, 6.07) is 3.80. The Balaban J connectivity index is 2.41. The second kappa shape index (κ2) is 7.94. The quantitative estimate of drug-likeness (QED) is 0.781. The van der Waals surface area contributed by atoms with E-state index < -0.39 is 11.6 Å². The summed E-state index contributed by atoms with van der Waals surface area (Å²) in [6.07, 6.45) is 1.16. The van der Waals surface area contributed by atoms with Crippen molar-refractivity contribution in [2.24, 2.45) is 0 Å². The van der Waals surface area contributed by atoms with Gasteiger partial charge in [-0.25, -0.2) is 8.78 Å². The van der Waals surface area contributed by atoms with Crippen LogP contribution >= 0.6 is 0 Å². The molecule has 1 aromatic carbocycles. The molecule has 1 amide bonds.